The van der Waals surface area contributed by atoms with Crippen molar-refractivity contribution in [2.45, 2.75) is 70.4 Å². The predicted octanol–water partition coefficient (Wildman–Crippen LogP) is 2.54. The van der Waals surface area contributed by atoms with Gasteiger partial charge in [0.15, 0.2) is 0 Å². The summed E-state index contributed by atoms with van der Waals surface area (Å²) in [6.07, 6.45) is 9.10. The van der Waals surface area contributed by atoms with Crippen molar-refractivity contribution in [2.24, 2.45) is 17.6 Å². The van der Waals surface area contributed by atoms with Crippen LogP contribution in [0.2, 0.25) is 0 Å². The summed E-state index contributed by atoms with van der Waals surface area (Å²) >= 11 is 0. The minimum atomic E-state index is 0.240. The van der Waals surface area contributed by atoms with E-state index in [0.29, 0.717) is 23.9 Å². The van der Waals surface area contributed by atoms with Gasteiger partial charge >= 0.3 is 0 Å². The molecule has 2 atom stereocenters. The van der Waals surface area contributed by atoms with Crippen LogP contribution in [0.5, 0.6) is 0 Å². The Hall–Kier alpha value is -0.570. The van der Waals surface area contributed by atoms with Gasteiger partial charge in [0.2, 0.25) is 5.91 Å². The highest BCUT2D eigenvalue weighted by Crippen LogP contribution is 2.31. The molecule has 0 spiro atoms. The Bertz CT molecular complexity index is 284. The summed E-state index contributed by atoms with van der Waals surface area (Å²) in [5.41, 5.74) is 5.91. The molecule has 18 heavy (non-hydrogen) atoms. The van der Waals surface area contributed by atoms with E-state index in [1.807, 2.05) is 7.05 Å². The van der Waals surface area contributed by atoms with Crippen molar-refractivity contribution in [1.29, 1.82) is 0 Å². The Labute approximate surface area is 111 Å². The van der Waals surface area contributed by atoms with Crippen LogP contribution in [0.25, 0.3) is 0 Å². The highest BCUT2D eigenvalue weighted by atomic mass is 16.2. The molecule has 0 bridgehead atoms. The van der Waals surface area contributed by atoms with Crippen LogP contribution in [0.15, 0.2) is 0 Å². The number of amides is 1. The molecule has 2 rings (SSSR count). The second-order valence-electron chi connectivity index (χ2n) is 6.39. The first-order chi connectivity index (χ1) is 8.59. The molecule has 2 saturated carbocycles. The molecular weight excluding hydrogens is 224 g/mol. The van der Waals surface area contributed by atoms with E-state index in [1.54, 1.807) is 0 Å². The number of hydrogen-bond donors (Lipinski definition) is 1. The summed E-state index contributed by atoms with van der Waals surface area (Å²) in [5.74, 6) is 1.28. The van der Waals surface area contributed by atoms with Crippen LogP contribution >= 0.6 is 0 Å². The van der Waals surface area contributed by atoms with Gasteiger partial charge in [-0.15, -0.1) is 0 Å². The standard InChI is InChI=1S/C15H28N2O/c1-11-5-3-4-6-14(11)17(2)15(18)12-7-9-13(16)10-8-12/h11-14H,3-10,16H2,1-2H3. The second kappa shape index (κ2) is 6.05. The quantitative estimate of drug-likeness (QED) is 0.821. The van der Waals surface area contributed by atoms with Crippen molar-refractivity contribution in [3.63, 3.8) is 0 Å². The predicted molar refractivity (Wildman–Crippen MR) is 74.1 cm³/mol. The minimum absolute atomic E-state index is 0.240. The summed E-state index contributed by atoms with van der Waals surface area (Å²) in [5, 5.41) is 0. The van der Waals surface area contributed by atoms with Gasteiger partial charge in [0.05, 0.1) is 0 Å². The van der Waals surface area contributed by atoms with Crippen molar-refractivity contribution in [2.75, 3.05) is 7.05 Å². The fourth-order valence-electron chi connectivity index (χ4n) is 3.69. The first kappa shape index (κ1) is 13.9. The zero-order valence-electron chi connectivity index (χ0n) is 11.9. The van der Waals surface area contributed by atoms with Gasteiger partial charge in [0.25, 0.3) is 0 Å². The molecule has 0 saturated heterocycles. The summed E-state index contributed by atoms with van der Waals surface area (Å²) in [7, 11) is 2.02. The van der Waals surface area contributed by atoms with Gasteiger partial charge in [-0.05, 0) is 44.4 Å². The molecule has 2 aliphatic rings. The van der Waals surface area contributed by atoms with Crippen molar-refractivity contribution >= 4 is 5.91 Å². The van der Waals surface area contributed by atoms with Crippen LogP contribution in [0.3, 0.4) is 0 Å². The third-order valence-corrected chi connectivity index (χ3v) is 5.03. The maximum Gasteiger partial charge on any atom is 0.225 e. The second-order valence-corrected chi connectivity index (χ2v) is 6.39. The molecule has 2 fully saturated rings. The lowest BCUT2D eigenvalue weighted by Crippen LogP contribution is -2.46. The zero-order chi connectivity index (χ0) is 13.1. The molecule has 2 N–H and O–H groups in total. The van der Waals surface area contributed by atoms with E-state index in [0.717, 1.165) is 25.7 Å². The molecule has 0 radical (unpaired) electrons. The highest BCUT2D eigenvalue weighted by Gasteiger charge is 2.32. The van der Waals surface area contributed by atoms with Crippen LogP contribution in [-0.4, -0.2) is 29.9 Å². The molecule has 0 aromatic rings. The summed E-state index contributed by atoms with van der Waals surface area (Å²) in [4.78, 5) is 14.6. The lowest BCUT2D eigenvalue weighted by molar-refractivity contribution is -0.139. The van der Waals surface area contributed by atoms with Crippen LogP contribution in [0.1, 0.15) is 58.3 Å². The van der Waals surface area contributed by atoms with E-state index in [4.69, 9.17) is 5.73 Å². The van der Waals surface area contributed by atoms with Crippen molar-refractivity contribution < 1.29 is 4.79 Å². The molecule has 3 nitrogen and oxygen atoms in total. The van der Waals surface area contributed by atoms with Gasteiger partial charge < -0.3 is 10.6 Å². The molecule has 0 heterocycles. The van der Waals surface area contributed by atoms with Gasteiger partial charge in [0.1, 0.15) is 0 Å². The van der Waals surface area contributed by atoms with Crippen molar-refractivity contribution in [3.05, 3.63) is 0 Å². The molecular formula is C15H28N2O. The third kappa shape index (κ3) is 3.05. The normalized spacial score (nSPS) is 37.3. The van der Waals surface area contributed by atoms with E-state index in [2.05, 4.69) is 11.8 Å². The van der Waals surface area contributed by atoms with Crippen LogP contribution in [-0.2, 0) is 4.79 Å². The molecule has 0 aromatic carbocycles. The van der Waals surface area contributed by atoms with Crippen LogP contribution in [0.4, 0.5) is 0 Å². The number of nitrogens with two attached hydrogens (primary N) is 1. The molecule has 2 aliphatic carbocycles. The molecule has 0 aliphatic heterocycles. The van der Waals surface area contributed by atoms with Gasteiger partial charge in [-0.3, -0.25) is 4.79 Å². The fraction of sp³-hybridized carbons (Fsp3) is 0.933. The van der Waals surface area contributed by atoms with E-state index < -0.39 is 0 Å². The number of rotatable bonds is 2. The minimum Gasteiger partial charge on any atom is -0.342 e. The van der Waals surface area contributed by atoms with Gasteiger partial charge in [0, 0.05) is 25.0 Å². The average molecular weight is 252 g/mol. The van der Waals surface area contributed by atoms with Crippen LogP contribution < -0.4 is 5.73 Å². The fourth-order valence-corrected chi connectivity index (χ4v) is 3.69. The number of nitrogens with zero attached hydrogens (tertiary/aromatic N) is 1. The lowest BCUT2D eigenvalue weighted by atomic mass is 9.82. The molecule has 3 heteroatoms. The lowest BCUT2D eigenvalue weighted by Gasteiger charge is -2.39. The third-order valence-electron chi connectivity index (χ3n) is 5.03. The van der Waals surface area contributed by atoms with E-state index in [-0.39, 0.29) is 5.92 Å². The topological polar surface area (TPSA) is 46.3 Å². The van der Waals surface area contributed by atoms with Gasteiger partial charge in [-0.2, -0.15) is 0 Å². The molecule has 104 valence electrons. The Balaban J connectivity index is 1.91. The largest absolute Gasteiger partial charge is 0.342 e. The Morgan fingerprint density at radius 3 is 2.28 bits per heavy atom. The first-order valence-corrected chi connectivity index (χ1v) is 7.62. The maximum absolute atomic E-state index is 12.5. The smallest absolute Gasteiger partial charge is 0.225 e. The molecule has 1 amide bonds. The monoisotopic (exact) mass is 252 g/mol. The number of carbonyl (C=O) groups is 1. The van der Waals surface area contributed by atoms with E-state index >= 15 is 0 Å². The number of carbonyl (C=O) groups excluding carboxylic acids is 1. The Kier molecular flexibility index (Phi) is 4.66. The highest BCUT2D eigenvalue weighted by molar-refractivity contribution is 5.79. The van der Waals surface area contributed by atoms with E-state index in [9.17, 15) is 4.79 Å². The molecule has 0 aromatic heterocycles. The van der Waals surface area contributed by atoms with E-state index in [1.165, 1.54) is 25.7 Å². The summed E-state index contributed by atoms with van der Waals surface area (Å²) in [6, 6.07) is 0.801. The average Bonchev–Trinajstić information content (AvgIpc) is 2.38. The molecule has 2 unspecified atom stereocenters. The zero-order valence-corrected chi connectivity index (χ0v) is 11.9. The summed E-state index contributed by atoms with van der Waals surface area (Å²) in [6.45, 7) is 2.30. The number of hydrogen-bond acceptors (Lipinski definition) is 2. The van der Waals surface area contributed by atoms with Crippen molar-refractivity contribution in [1.82, 2.24) is 4.90 Å². The maximum atomic E-state index is 12.5. The van der Waals surface area contributed by atoms with Crippen molar-refractivity contribution in [3.8, 4) is 0 Å². The van der Waals surface area contributed by atoms with Gasteiger partial charge in [-0.1, -0.05) is 19.8 Å². The Morgan fingerprint density at radius 1 is 1.06 bits per heavy atom. The van der Waals surface area contributed by atoms with Crippen LogP contribution in [0, 0.1) is 11.8 Å². The Morgan fingerprint density at radius 2 is 1.67 bits per heavy atom. The SMILES string of the molecule is CC1CCCCC1N(C)C(=O)C1CCC(N)CC1. The first-order valence-electron chi connectivity index (χ1n) is 7.62. The summed E-state index contributed by atoms with van der Waals surface area (Å²) < 4.78 is 0. The van der Waals surface area contributed by atoms with Gasteiger partial charge in [-0.25, -0.2) is 0 Å².